The number of hydrogen-bond donors (Lipinski definition) is 2. The van der Waals surface area contributed by atoms with Gasteiger partial charge in [0, 0.05) is 27.6 Å². The maximum atomic E-state index is 13.6. The predicted octanol–water partition coefficient (Wildman–Crippen LogP) is 5.61. The number of benzene rings is 2. The van der Waals surface area contributed by atoms with Crippen LogP contribution in [0.4, 0.5) is 11.4 Å². The second-order valence-corrected chi connectivity index (χ2v) is 11.6. The average Bonchev–Trinajstić information content (AvgIpc) is 3.58. The Labute approximate surface area is 239 Å². The van der Waals surface area contributed by atoms with Crippen molar-refractivity contribution in [1.82, 2.24) is 10.2 Å². The lowest BCUT2D eigenvalue weighted by Gasteiger charge is -2.27. The summed E-state index contributed by atoms with van der Waals surface area (Å²) in [6, 6.07) is 17.6. The Morgan fingerprint density at radius 2 is 1.92 bits per heavy atom. The van der Waals surface area contributed by atoms with Gasteiger partial charge in [-0.3, -0.25) is 19.4 Å². The highest BCUT2D eigenvalue weighted by Crippen LogP contribution is 2.36. The molecular formula is C28H26ClN5O3S2. The molecule has 0 saturated heterocycles. The third-order valence-electron chi connectivity index (χ3n) is 6.26. The van der Waals surface area contributed by atoms with Crippen molar-refractivity contribution in [2.45, 2.75) is 44.0 Å². The van der Waals surface area contributed by atoms with E-state index in [0.717, 1.165) is 10.4 Å². The minimum atomic E-state index is -0.701. The van der Waals surface area contributed by atoms with Crippen molar-refractivity contribution in [2.24, 2.45) is 9.98 Å². The Kier molecular flexibility index (Phi) is 8.44. The van der Waals surface area contributed by atoms with Gasteiger partial charge in [-0.05, 0) is 60.7 Å². The zero-order valence-corrected chi connectivity index (χ0v) is 23.5. The zero-order valence-electron chi connectivity index (χ0n) is 21.1. The lowest BCUT2D eigenvalue weighted by molar-refractivity contribution is -0.125. The summed E-state index contributed by atoms with van der Waals surface area (Å²) in [7, 11) is 0. The summed E-state index contributed by atoms with van der Waals surface area (Å²) in [4.78, 5) is 51.2. The molecule has 8 nitrogen and oxygen atoms in total. The van der Waals surface area contributed by atoms with E-state index in [0.29, 0.717) is 40.4 Å². The standard InChI is InChI=1S/C28H26ClN5O3S2/c1-2-23(26(36)31-18-11-9-17(29)10-12-18)39-28-33-21-8-4-3-7-20(21)25-32-22(27(37)34(25)28)13-14-24(35)30-16-19-6-5-15-38-19/h3-12,15,22-23H,2,13-14,16H2,1H3,(H,30,35)(H,31,36). The summed E-state index contributed by atoms with van der Waals surface area (Å²) >= 11 is 8.77. The van der Waals surface area contributed by atoms with E-state index < -0.39 is 11.3 Å². The number of amides is 3. The Morgan fingerprint density at radius 3 is 2.67 bits per heavy atom. The number of hydrogen-bond acceptors (Lipinski definition) is 7. The molecule has 0 radical (unpaired) electrons. The van der Waals surface area contributed by atoms with Crippen molar-refractivity contribution in [3.8, 4) is 0 Å². The van der Waals surface area contributed by atoms with Crippen LogP contribution < -0.4 is 10.6 Å². The van der Waals surface area contributed by atoms with E-state index in [2.05, 4.69) is 10.6 Å². The van der Waals surface area contributed by atoms with E-state index in [1.54, 1.807) is 35.6 Å². The smallest absolute Gasteiger partial charge is 0.259 e. The molecule has 0 spiro atoms. The molecule has 0 saturated carbocycles. The number of fused-ring (bicyclic) bond motifs is 3. The van der Waals surface area contributed by atoms with Crippen LogP contribution in [-0.2, 0) is 20.9 Å². The van der Waals surface area contributed by atoms with E-state index in [-0.39, 0.29) is 30.6 Å². The number of nitrogens with zero attached hydrogens (tertiary/aromatic N) is 3. The largest absolute Gasteiger partial charge is 0.351 e. The molecule has 2 aliphatic rings. The fraction of sp³-hybridized carbons (Fsp3) is 0.250. The summed E-state index contributed by atoms with van der Waals surface area (Å²) in [5, 5.41) is 8.26. The quantitative estimate of drug-likeness (QED) is 0.344. The monoisotopic (exact) mass is 579 g/mol. The first kappa shape index (κ1) is 27.1. The van der Waals surface area contributed by atoms with Gasteiger partial charge in [-0.1, -0.05) is 48.5 Å². The fourth-order valence-corrected chi connectivity index (χ4v) is 6.02. The number of halogens is 1. The van der Waals surface area contributed by atoms with Gasteiger partial charge in [-0.15, -0.1) is 11.3 Å². The molecule has 2 aromatic carbocycles. The number of para-hydroxylation sites is 1. The second-order valence-electron chi connectivity index (χ2n) is 8.96. The van der Waals surface area contributed by atoms with E-state index >= 15 is 0 Å². The van der Waals surface area contributed by atoms with Gasteiger partial charge in [0.2, 0.25) is 11.8 Å². The SMILES string of the molecule is CCC(SC1=Nc2ccccc2C2=NC(CCC(=O)NCc3cccs3)C(=O)N12)C(=O)Nc1ccc(Cl)cc1. The van der Waals surface area contributed by atoms with Crippen LogP contribution in [0.5, 0.6) is 0 Å². The van der Waals surface area contributed by atoms with Crippen molar-refractivity contribution in [3.63, 3.8) is 0 Å². The zero-order chi connectivity index (χ0) is 27.4. The maximum Gasteiger partial charge on any atom is 0.259 e. The fourth-order valence-electron chi connectivity index (χ4n) is 4.23. The molecule has 0 bridgehead atoms. The van der Waals surface area contributed by atoms with Crippen LogP contribution in [0.25, 0.3) is 0 Å². The average molecular weight is 580 g/mol. The highest BCUT2D eigenvalue weighted by Gasteiger charge is 2.42. The summed E-state index contributed by atoms with van der Waals surface area (Å²) < 4.78 is 0. The molecule has 0 aliphatic carbocycles. The Morgan fingerprint density at radius 1 is 1.13 bits per heavy atom. The predicted molar refractivity (Wildman–Crippen MR) is 158 cm³/mol. The number of anilines is 1. The molecule has 3 heterocycles. The molecule has 2 aliphatic heterocycles. The summed E-state index contributed by atoms with van der Waals surface area (Å²) in [5.74, 6) is -0.0693. The van der Waals surface area contributed by atoms with Crippen LogP contribution in [0.2, 0.25) is 5.02 Å². The maximum absolute atomic E-state index is 13.6. The molecule has 2 N–H and O–H groups in total. The van der Waals surface area contributed by atoms with Gasteiger partial charge in [-0.2, -0.15) is 0 Å². The van der Waals surface area contributed by atoms with Gasteiger partial charge >= 0.3 is 0 Å². The first-order valence-corrected chi connectivity index (χ1v) is 14.7. The highest BCUT2D eigenvalue weighted by atomic mass is 35.5. The third-order valence-corrected chi connectivity index (χ3v) is 8.70. The molecule has 11 heteroatoms. The number of aliphatic imine (C=N–C) groups is 2. The minimum absolute atomic E-state index is 0.130. The van der Waals surface area contributed by atoms with E-state index in [1.807, 2.05) is 48.7 Å². The molecule has 39 heavy (non-hydrogen) atoms. The Hall–Kier alpha value is -3.47. The van der Waals surface area contributed by atoms with Crippen molar-refractivity contribution in [3.05, 3.63) is 81.5 Å². The Balaban J connectivity index is 1.30. The molecule has 3 amide bonds. The number of thiophene rings is 1. The molecule has 2 atom stereocenters. The van der Waals surface area contributed by atoms with Crippen molar-refractivity contribution in [2.75, 3.05) is 5.32 Å². The van der Waals surface area contributed by atoms with Gasteiger partial charge < -0.3 is 10.6 Å². The summed E-state index contributed by atoms with van der Waals surface area (Å²) in [6.45, 7) is 2.38. The number of carbonyl (C=O) groups excluding carboxylic acids is 3. The van der Waals surface area contributed by atoms with Crippen molar-refractivity contribution in [1.29, 1.82) is 0 Å². The van der Waals surface area contributed by atoms with Crippen LogP contribution in [0.15, 0.2) is 76.0 Å². The number of rotatable bonds is 9. The third kappa shape index (κ3) is 6.24. The first-order chi connectivity index (χ1) is 18.9. The van der Waals surface area contributed by atoms with Gasteiger partial charge in [0.25, 0.3) is 5.91 Å². The molecule has 5 rings (SSSR count). The molecule has 0 fully saturated rings. The van der Waals surface area contributed by atoms with Gasteiger partial charge in [0.15, 0.2) is 5.17 Å². The van der Waals surface area contributed by atoms with Crippen molar-refractivity contribution >= 4 is 74.8 Å². The first-order valence-electron chi connectivity index (χ1n) is 12.5. The van der Waals surface area contributed by atoms with Gasteiger partial charge in [0.1, 0.15) is 11.9 Å². The Bertz CT molecular complexity index is 1440. The molecule has 2 unspecified atom stereocenters. The number of amidine groups is 2. The molecule has 1 aromatic heterocycles. The van der Waals surface area contributed by atoms with Crippen LogP contribution in [0, 0.1) is 0 Å². The normalized spacial score (nSPS) is 16.6. The minimum Gasteiger partial charge on any atom is -0.351 e. The van der Waals surface area contributed by atoms with Crippen LogP contribution in [-0.4, -0.2) is 44.9 Å². The van der Waals surface area contributed by atoms with E-state index in [9.17, 15) is 14.4 Å². The van der Waals surface area contributed by atoms with E-state index in [4.69, 9.17) is 21.6 Å². The number of thioether (sulfide) groups is 1. The lowest BCUT2D eigenvalue weighted by Crippen LogP contribution is -2.42. The summed E-state index contributed by atoms with van der Waals surface area (Å²) in [5.41, 5.74) is 2.07. The van der Waals surface area contributed by atoms with Gasteiger partial charge in [0.05, 0.1) is 17.5 Å². The number of carbonyl (C=O) groups is 3. The van der Waals surface area contributed by atoms with Gasteiger partial charge in [-0.25, -0.2) is 9.89 Å². The number of nitrogens with one attached hydrogen (secondary N) is 2. The molecule has 200 valence electrons. The van der Waals surface area contributed by atoms with E-state index in [1.165, 1.54) is 16.7 Å². The molecular weight excluding hydrogens is 554 g/mol. The topological polar surface area (TPSA) is 103 Å². The van der Waals surface area contributed by atoms with Crippen LogP contribution >= 0.6 is 34.7 Å². The van der Waals surface area contributed by atoms with Crippen molar-refractivity contribution < 1.29 is 14.4 Å². The molecule has 3 aromatic rings. The van der Waals surface area contributed by atoms with Crippen LogP contribution in [0.1, 0.15) is 36.6 Å². The summed E-state index contributed by atoms with van der Waals surface area (Å²) in [6.07, 6.45) is 0.978. The lowest BCUT2D eigenvalue weighted by atomic mass is 10.1. The second kappa shape index (κ2) is 12.1. The highest BCUT2D eigenvalue weighted by molar-refractivity contribution is 8.15. The van der Waals surface area contributed by atoms with Crippen LogP contribution in [0.3, 0.4) is 0 Å².